The summed E-state index contributed by atoms with van der Waals surface area (Å²) >= 11 is 0. The van der Waals surface area contributed by atoms with Gasteiger partial charge in [0.1, 0.15) is 5.60 Å². The molecule has 0 aromatic rings. The van der Waals surface area contributed by atoms with Crippen molar-refractivity contribution in [1.29, 1.82) is 0 Å². The molecule has 0 saturated carbocycles. The zero-order valence-electron chi connectivity index (χ0n) is 15.9. The predicted octanol–water partition coefficient (Wildman–Crippen LogP) is 2.24. The summed E-state index contributed by atoms with van der Waals surface area (Å²) in [5.41, 5.74) is -0.448. The van der Waals surface area contributed by atoms with Gasteiger partial charge in [0.25, 0.3) is 0 Å². The lowest BCUT2D eigenvalue weighted by Gasteiger charge is -2.20. The Morgan fingerprint density at radius 3 is 2.39 bits per heavy atom. The fraction of sp³-hybridized carbons (Fsp3) is 0.941. The lowest BCUT2D eigenvalue weighted by molar-refractivity contribution is 0.0526. The molecule has 0 heterocycles. The minimum absolute atomic E-state index is 0.333. The van der Waals surface area contributed by atoms with Crippen molar-refractivity contribution in [3.63, 3.8) is 0 Å². The van der Waals surface area contributed by atoms with Crippen LogP contribution < -0.4 is 10.6 Å². The molecule has 0 bridgehead atoms. The van der Waals surface area contributed by atoms with Gasteiger partial charge in [-0.25, -0.2) is 4.79 Å². The Hall–Kier alpha value is -0.850. The van der Waals surface area contributed by atoms with Crippen LogP contribution in [0.15, 0.2) is 0 Å². The van der Waals surface area contributed by atoms with Crippen molar-refractivity contribution >= 4 is 6.09 Å². The zero-order valence-corrected chi connectivity index (χ0v) is 15.9. The lowest BCUT2D eigenvalue weighted by Crippen LogP contribution is -2.36. The summed E-state index contributed by atoms with van der Waals surface area (Å²) in [7, 11) is 5.91. The molecule has 0 radical (unpaired) electrons. The van der Waals surface area contributed by atoms with Gasteiger partial charge < -0.3 is 25.0 Å². The number of amides is 1. The summed E-state index contributed by atoms with van der Waals surface area (Å²) < 4.78 is 10.5. The van der Waals surface area contributed by atoms with Crippen LogP contribution in [-0.4, -0.2) is 70.1 Å². The number of nitrogens with one attached hydrogen (secondary N) is 2. The van der Waals surface area contributed by atoms with E-state index in [0.717, 1.165) is 32.4 Å². The Morgan fingerprint density at radius 1 is 1.13 bits per heavy atom. The molecule has 0 aliphatic rings. The quantitative estimate of drug-likeness (QED) is 0.537. The first kappa shape index (κ1) is 22.1. The van der Waals surface area contributed by atoms with E-state index in [1.54, 1.807) is 7.11 Å². The molecule has 0 aliphatic heterocycles. The molecule has 0 fully saturated rings. The molecule has 0 rings (SSSR count). The number of ether oxygens (including phenoxy) is 2. The monoisotopic (exact) mass is 331 g/mol. The standard InChI is InChI=1S/C17H37N3O3/c1-17(2,3)23-16(21)19-12-9-10-15(14-22-6)18-11-7-8-13-20(4)5/h15,18H,7-14H2,1-6H3,(H,19,21). The third kappa shape index (κ3) is 15.8. The van der Waals surface area contributed by atoms with E-state index in [4.69, 9.17) is 9.47 Å². The van der Waals surface area contributed by atoms with Crippen LogP contribution in [0, 0.1) is 0 Å². The van der Waals surface area contributed by atoms with Gasteiger partial charge in [-0.15, -0.1) is 0 Å². The van der Waals surface area contributed by atoms with Gasteiger partial charge in [-0.3, -0.25) is 0 Å². The van der Waals surface area contributed by atoms with Gasteiger partial charge in [0.2, 0.25) is 0 Å². The first-order valence-corrected chi connectivity index (χ1v) is 8.58. The maximum absolute atomic E-state index is 11.6. The van der Waals surface area contributed by atoms with Crippen LogP contribution in [0.1, 0.15) is 46.5 Å². The van der Waals surface area contributed by atoms with Gasteiger partial charge in [0.05, 0.1) is 6.61 Å². The van der Waals surface area contributed by atoms with Crippen molar-refractivity contribution in [1.82, 2.24) is 15.5 Å². The Morgan fingerprint density at radius 2 is 1.83 bits per heavy atom. The van der Waals surface area contributed by atoms with E-state index in [-0.39, 0.29) is 6.09 Å². The van der Waals surface area contributed by atoms with Crippen LogP contribution in [0.25, 0.3) is 0 Å². The molecule has 6 nitrogen and oxygen atoms in total. The van der Waals surface area contributed by atoms with Crippen molar-refractivity contribution < 1.29 is 14.3 Å². The molecule has 0 aromatic carbocycles. The number of hydrogen-bond acceptors (Lipinski definition) is 5. The van der Waals surface area contributed by atoms with E-state index in [0.29, 0.717) is 19.2 Å². The Balaban J connectivity index is 3.77. The number of carbonyl (C=O) groups is 1. The summed E-state index contributed by atoms with van der Waals surface area (Å²) in [5, 5.41) is 6.32. The van der Waals surface area contributed by atoms with E-state index in [1.807, 2.05) is 20.8 Å². The Labute approximate surface area is 142 Å². The van der Waals surface area contributed by atoms with E-state index >= 15 is 0 Å². The summed E-state index contributed by atoms with van der Waals surface area (Å²) in [4.78, 5) is 13.8. The fourth-order valence-electron chi connectivity index (χ4n) is 2.16. The van der Waals surface area contributed by atoms with Crippen molar-refractivity contribution in [3.05, 3.63) is 0 Å². The normalized spacial score (nSPS) is 13.2. The molecular formula is C17H37N3O3. The lowest BCUT2D eigenvalue weighted by atomic mass is 10.1. The molecule has 0 aromatic heterocycles. The largest absolute Gasteiger partial charge is 0.444 e. The number of methoxy groups -OCH3 is 1. The van der Waals surface area contributed by atoms with Gasteiger partial charge in [0.15, 0.2) is 0 Å². The van der Waals surface area contributed by atoms with E-state index in [9.17, 15) is 4.79 Å². The minimum atomic E-state index is -0.448. The number of carbonyl (C=O) groups excluding carboxylic acids is 1. The molecule has 1 unspecified atom stereocenters. The first-order valence-electron chi connectivity index (χ1n) is 8.58. The smallest absolute Gasteiger partial charge is 0.407 e. The maximum Gasteiger partial charge on any atom is 0.407 e. The van der Waals surface area contributed by atoms with Crippen LogP contribution in [-0.2, 0) is 9.47 Å². The highest BCUT2D eigenvalue weighted by atomic mass is 16.6. The third-order valence-corrected chi connectivity index (χ3v) is 3.23. The van der Waals surface area contributed by atoms with E-state index in [1.165, 1.54) is 6.42 Å². The third-order valence-electron chi connectivity index (χ3n) is 3.23. The molecule has 6 heteroatoms. The average molecular weight is 332 g/mol. The zero-order chi connectivity index (χ0) is 17.7. The molecule has 0 spiro atoms. The van der Waals surface area contributed by atoms with Crippen molar-refractivity contribution in [3.8, 4) is 0 Å². The van der Waals surface area contributed by atoms with E-state index < -0.39 is 5.60 Å². The highest BCUT2D eigenvalue weighted by Crippen LogP contribution is 2.06. The average Bonchev–Trinajstić information content (AvgIpc) is 2.40. The van der Waals surface area contributed by atoms with E-state index in [2.05, 4.69) is 29.6 Å². The highest BCUT2D eigenvalue weighted by molar-refractivity contribution is 5.67. The number of rotatable bonds is 12. The van der Waals surface area contributed by atoms with Crippen LogP contribution >= 0.6 is 0 Å². The predicted molar refractivity (Wildman–Crippen MR) is 94.9 cm³/mol. The molecular weight excluding hydrogens is 294 g/mol. The molecule has 1 atom stereocenters. The SMILES string of the molecule is COCC(CCCNC(=O)OC(C)(C)C)NCCCCN(C)C. The molecule has 0 saturated heterocycles. The van der Waals surface area contributed by atoms with Crippen LogP contribution in [0.5, 0.6) is 0 Å². The second-order valence-corrected chi connectivity index (χ2v) is 7.19. The summed E-state index contributed by atoms with van der Waals surface area (Å²) in [6, 6.07) is 0.333. The van der Waals surface area contributed by atoms with Gasteiger partial charge in [-0.05, 0) is 73.6 Å². The second kappa shape index (κ2) is 12.6. The number of unbranched alkanes of at least 4 members (excludes halogenated alkanes) is 1. The molecule has 1 amide bonds. The van der Waals surface area contributed by atoms with Crippen molar-refractivity contribution in [2.45, 2.75) is 58.1 Å². The van der Waals surface area contributed by atoms with Crippen molar-refractivity contribution in [2.75, 3.05) is 47.4 Å². The number of alkyl carbamates (subject to hydrolysis) is 1. The second-order valence-electron chi connectivity index (χ2n) is 7.19. The first-order chi connectivity index (χ1) is 10.7. The summed E-state index contributed by atoms with van der Waals surface area (Å²) in [6.45, 7) is 9.03. The fourth-order valence-corrected chi connectivity index (χ4v) is 2.16. The highest BCUT2D eigenvalue weighted by Gasteiger charge is 2.15. The topological polar surface area (TPSA) is 62.8 Å². The summed E-state index contributed by atoms with van der Waals surface area (Å²) in [6.07, 6.45) is 3.88. The Kier molecular flexibility index (Phi) is 12.1. The van der Waals surface area contributed by atoms with Gasteiger partial charge in [0, 0.05) is 19.7 Å². The molecule has 138 valence electrons. The number of nitrogens with zero attached hydrogens (tertiary/aromatic N) is 1. The molecule has 0 aliphatic carbocycles. The minimum Gasteiger partial charge on any atom is -0.444 e. The Bertz CT molecular complexity index is 304. The van der Waals surface area contributed by atoms with Gasteiger partial charge in [-0.1, -0.05) is 0 Å². The van der Waals surface area contributed by atoms with Crippen molar-refractivity contribution in [2.24, 2.45) is 0 Å². The van der Waals surface area contributed by atoms with Crippen LogP contribution in [0.2, 0.25) is 0 Å². The van der Waals surface area contributed by atoms with Gasteiger partial charge >= 0.3 is 6.09 Å². The van der Waals surface area contributed by atoms with Crippen LogP contribution in [0.3, 0.4) is 0 Å². The van der Waals surface area contributed by atoms with Crippen LogP contribution in [0.4, 0.5) is 4.79 Å². The summed E-state index contributed by atoms with van der Waals surface area (Å²) in [5.74, 6) is 0. The molecule has 2 N–H and O–H groups in total. The molecule has 23 heavy (non-hydrogen) atoms. The van der Waals surface area contributed by atoms with Gasteiger partial charge in [-0.2, -0.15) is 0 Å². The number of hydrogen-bond donors (Lipinski definition) is 2. The maximum atomic E-state index is 11.6.